The van der Waals surface area contributed by atoms with Crippen molar-refractivity contribution in [3.63, 3.8) is 0 Å². The molecule has 14 heavy (non-hydrogen) atoms. The molecule has 0 spiro atoms. The Labute approximate surface area is 96.2 Å². The predicted molar refractivity (Wildman–Crippen MR) is 58.9 cm³/mol. The van der Waals surface area contributed by atoms with Crippen LogP contribution in [0.5, 0.6) is 0 Å². The maximum atomic E-state index is 9.78. The Balaban J connectivity index is 3.07. The van der Waals surface area contributed by atoms with Gasteiger partial charge >= 0.3 is 0 Å². The fraction of sp³-hybridized carbons (Fsp3) is 0.300. The third kappa shape index (κ3) is 2.48. The monoisotopic (exact) mass is 273 g/mol. The van der Waals surface area contributed by atoms with E-state index in [1.54, 1.807) is 25.1 Å². The number of aliphatic hydroxyl groups excluding tert-OH is 1. The fourth-order valence-electron chi connectivity index (χ4n) is 1.08. The van der Waals surface area contributed by atoms with Crippen LogP contribution in [0.1, 0.15) is 18.6 Å². The molecule has 1 aromatic carbocycles. The van der Waals surface area contributed by atoms with E-state index in [0.717, 1.165) is 4.47 Å². The third-order valence-corrected chi connectivity index (χ3v) is 2.91. The summed E-state index contributed by atoms with van der Waals surface area (Å²) in [6, 6.07) is 7.13. The molecular formula is C10H9BrClNO. The number of hydrogen-bond donors (Lipinski definition) is 1. The zero-order valence-electron chi connectivity index (χ0n) is 7.54. The Morgan fingerprint density at radius 3 is 2.79 bits per heavy atom. The molecule has 0 aliphatic carbocycles. The lowest BCUT2D eigenvalue weighted by Crippen LogP contribution is -2.07. The second kappa shape index (κ2) is 4.79. The summed E-state index contributed by atoms with van der Waals surface area (Å²) >= 11 is 9.09. The molecule has 0 heterocycles. The molecule has 74 valence electrons. The van der Waals surface area contributed by atoms with E-state index < -0.39 is 12.0 Å². The van der Waals surface area contributed by atoms with Crippen LogP contribution < -0.4 is 0 Å². The average molecular weight is 275 g/mol. The average Bonchev–Trinajstić information content (AvgIpc) is 2.19. The van der Waals surface area contributed by atoms with Crippen LogP contribution in [0.2, 0.25) is 5.02 Å². The minimum Gasteiger partial charge on any atom is -0.387 e. The molecule has 1 rings (SSSR count). The van der Waals surface area contributed by atoms with Gasteiger partial charge in [-0.25, -0.2) is 0 Å². The Kier molecular flexibility index (Phi) is 3.94. The van der Waals surface area contributed by atoms with Crippen LogP contribution in [0.4, 0.5) is 0 Å². The Bertz CT molecular complexity index is 375. The molecule has 0 aliphatic heterocycles. The quantitative estimate of drug-likeness (QED) is 0.899. The predicted octanol–water partition coefficient (Wildman–Crippen LogP) is 3.30. The summed E-state index contributed by atoms with van der Waals surface area (Å²) in [6.45, 7) is 1.66. The van der Waals surface area contributed by atoms with Gasteiger partial charge in [0.05, 0.1) is 18.1 Å². The molecule has 2 atom stereocenters. The molecular weight excluding hydrogens is 265 g/mol. The van der Waals surface area contributed by atoms with E-state index in [4.69, 9.17) is 16.9 Å². The van der Waals surface area contributed by atoms with E-state index in [1.165, 1.54) is 0 Å². The van der Waals surface area contributed by atoms with Gasteiger partial charge in [-0.1, -0.05) is 27.5 Å². The second-order valence-electron chi connectivity index (χ2n) is 3.03. The maximum absolute atomic E-state index is 9.78. The van der Waals surface area contributed by atoms with Gasteiger partial charge in [0.25, 0.3) is 0 Å². The Morgan fingerprint density at radius 1 is 1.57 bits per heavy atom. The normalized spacial score (nSPS) is 14.5. The highest BCUT2D eigenvalue weighted by atomic mass is 79.9. The van der Waals surface area contributed by atoms with E-state index in [2.05, 4.69) is 15.9 Å². The lowest BCUT2D eigenvalue weighted by atomic mass is 9.99. The highest BCUT2D eigenvalue weighted by Gasteiger charge is 2.18. The van der Waals surface area contributed by atoms with Crippen LogP contribution in [0.15, 0.2) is 22.7 Å². The number of nitrogens with zero attached hydrogens (tertiary/aromatic N) is 1. The van der Waals surface area contributed by atoms with Crippen LogP contribution >= 0.6 is 27.5 Å². The molecule has 0 bridgehead atoms. The topological polar surface area (TPSA) is 44.0 Å². The first kappa shape index (κ1) is 11.5. The number of hydrogen-bond acceptors (Lipinski definition) is 2. The van der Waals surface area contributed by atoms with Gasteiger partial charge in [0.2, 0.25) is 0 Å². The van der Waals surface area contributed by atoms with Gasteiger partial charge in [-0.15, -0.1) is 0 Å². The molecule has 0 saturated heterocycles. The van der Waals surface area contributed by atoms with Crippen LogP contribution in [-0.2, 0) is 0 Å². The van der Waals surface area contributed by atoms with Crippen LogP contribution in [-0.4, -0.2) is 5.11 Å². The Hall–Kier alpha value is -0.560. The first-order chi connectivity index (χ1) is 6.56. The molecule has 0 aliphatic rings. The molecule has 2 nitrogen and oxygen atoms in total. The molecule has 0 aromatic heterocycles. The summed E-state index contributed by atoms with van der Waals surface area (Å²) in [7, 11) is 0. The molecule has 0 saturated carbocycles. The largest absolute Gasteiger partial charge is 0.387 e. The van der Waals surface area contributed by atoms with Gasteiger partial charge < -0.3 is 5.11 Å². The van der Waals surface area contributed by atoms with Crippen molar-refractivity contribution in [1.29, 1.82) is 5.26 Å². The van der Waals surface area contributed by atoms with Crippen molar-refractivity contribution >= 4 is 27.5 Å². The summed E-state index contributed by atoms with van der Waals surface area (Å²) in [5, 5.41) is 19.0. The first-order valence-electron chi connectivity index (χ1n) is 4.09. The SMILES string of the molecule is CC(C#N)C(O)c1cc(Cl)ccc1Br. The lowest BCUT2D eigenvalue weighted by molar-refractivity contribution is 0.142. The summed E-state index contributed by atoms with van der Waals surface area (Å²) in [4.78, 5) is 0. The van der Waals surface area contributed by atoms with Gasteiger partial charge in [-0.2, -0.15) is 5.26 Å². The summed E-state index contributed by atoms with van der Waals surface area (Å²) < 4.78 is 0.761. The molecule has 0 fully saturated rings. The van der Waals surface area contributed by atoms with Crippen molar-refractivity contribution in [3.8, 4) is 6.07 Å². The lowest BCUT2D eigenvalue weighted by Gasteiger charge is -2.14. The van der Waals surface area contributed by atoms with Gasteiger partial charge in [-0.3, -0.25) is 0 Å². The van der Waals surface area contributed by atoms with E-state index in [9.17, 15) is 5.11 Å². The number of rotatable bonds is 2. The highest BCUT2D eigenvalue weighted by Crippen LogP contribution is 2.30. The molecule has 0 amide bonds. The number of benzene rings is 1. The molecule has 4 heteroatoms. The minimum atomic E-state index is -0.812. The zero-order valence-corrected chi connectivity index (χ0v) is 9.88. The van der Waals surface area contributed by atoms with Gasteiger partial charge in [0, 0.05) is 9.50 Å². The fourth-order valence-corrected chi connectivity index (χ4v) is 1.74. The smallest absolute Gasteiger partial charge is 0.0956 e. The highest BCUT2D eigenvalue weighted by molar-refractivity contribution is 9.10. The van der Waals surface area contributed by atoms with Gasteiger partial charge in [-0.05, 0) is 30.7 Å². The summed E-state index contributed by atoms with van der Waals surface area (Å²) in [5.74, 6) is -0.454. The molecule has 0 radical (unpaired) electrons. The van der Waals surface area contributed by atoms with Crippen molar-refractivity contribution in [2.45, 2.75) is 13.0 Å². The zero-order chi connectivity index (χ0) is 10.7. The minimum absolute atomic E-state index is 0.454. The summed E-state index contributed by atoms with van der Waals surface area (Å²) in [6.07, 6.45) is -0.812. The first-order valence-corrected chi connectivity index (χ1v) is 5.26. The molecule has 1 N–H and O–H groups in total. The van der Waals surface area contributed by atoms with Crippen molar-refractivity contribution in [2.24, 2.45) is 5.92 Å². The third-order valence-electron chi connectivity index (χ3n) is 1.95. The van der Waals surface area contributed by atoms with Crippen LogP contribution in [0.3, 0.4) is 0 Å². The van der Waals surface area contributed by atoms with E-state index in [1.807, 2.05) is 6.07 Å². The number of halogens is 2. The Morgan fingerprint density at radius 2 is 2.21 bits per heavy atom. The van der Waals surface area contributed by atoms with Gasteiger partial charge in [0.1, 0.15) is 0 Å². The van der Waals surface area contributed by atoms with E-state index >= 15 is 0 Å². The number of aliphatic hydroxyl groups is 1. The van der Waals surface area contributed by atoms with E-state index in [-0.39, 0.29) is 0 Å². The van der Waals surface area contributed by atoms with Crippen LogP contribution in [0, 0.1) is 17.2 Å². The number of nitriles is 1. The standard InChI is InChI=1S/C10H9BrClNO/c1-6(5-13)10(14)8-4-7(12)2-3-9(8)11/h2-4,6,10,14H,1H3. The van der Waals surface area contributed by atoms with Crippen LogP contribution in [0.25, 0.3) is 0 Å². The van der Waals surface area contributed by atoms with E-state index in [0.29, 0.717) is 10.6 Å². The van der Waals surface area contributed by atoms with Crippen molar-refractivity contribution < 1.29 is 5.11 Å². The maximum Gasteiger partial charge on any atom is 0.0956 e. The van der Waals surface area contributed by atoms with Crippen molar-refractivity contribution in [3.05, 3.63) is 33.3 Å². The van der Waals surface area contributed by atoms with Crippen molar-refractivity contribution in [1.82, 2.24) is 0 Å². The summed E-state index contributed by atoms with van der Waals surface area (Å²) in [5.41, 5.74) is 0.645. The molecule has 1 aromatic rings. The second-order valence-corrected chi connectivity index (χ2v) is 4.32. The van der Waals surface area contributed by atoms with Crippen molar-refractivity contribution in [2.75, 3.05) is 0 Å². The molecule has 2 unspecified atom stereocenters. The van der Waals surface area contributed by atoms with Gasteiger partial charge in [0.15, 0.2) is 0 Å².